The van der Waals surface area contributed by atoms with Gasteiger partial charge in [0.1, 0.15) is 0 Å². The molecule has 1 saturated heterocycles. The molecule has 2 heteroatoms. The fraction of sp³-hybridized carbons (Fsp3) is 0.800. The zero-order valence-electron chi connectivity index (χ0n) is 8.32. The van der Waals surface area contributed by atoms with Crippen LogP contribution in [0.5, 0.6) is 0 Å². The van der Waals surface area contributed by atoms with E-state index in [0.29, 0.717) is 0 Å². The van der Waals surface area contributed by atoms with E-state index in [0.717, 1.165) is 0 Å². The molecule has 0 amide bonds. The Morgan fingerprint density at radius 2 is 1.67 bits per heavy atom. The lowest BCUT2D eigenvalue weighted by atomic mass is 10.2. The third-order valence-electron chi connectivity index (χ3n) is 2.60. The van der Waals surface area contributed by atoms with Crippen LogP contribution < -0.4 is 0 Å². The summed E-state index contributed by atoms with van der Waals surface area (Å²) in [5, 5.41) is 0. The Kier molecular flexibility index (Phi) is 3.54. The molecule has 0 atom stereocenters. The number of rotatable bonds is 2. The van der Waals surface area contributed by atoms with Gasteiger partial charge in [-0.05, 0) is 45.1 Å². The molecular formula is C10H19ClS. The second kappa shape index (κ2) is 4.06. The maximum Gasteiger partial charge on any atom is 0.0109 e. The van der Waals surface area contributed by atoms with E-state index in [9.17, 15) is 0 Å². The molecule has 0 spiro atoms. The Bertz CT molecular complexity index is 186. The molecule has 1 aliphatic rings. The summed E-state index contributed by atoms with van der Waals surface area (Å²) in [5.74, 6) is 3.76. The summed E-state index contributed by atoms with van der Waals surface area (Å²) in [4.78, 5) is 0. The van der Waals surface area contributed by atoms with Gasteiger partial charge in [0.15, 0.2) is 0 Å². The Labute approximate surface area is 82.2 Å². The van der Waals surface area contributed by atoms with Crippen LogP contribution in [0, 0.1) is 0 Å². The number of hydrogen-bond acceptors (Lipinski definition) is 0. The monoisotopic (exact) mass is 206 g/mol. The van der Waals surface area contributed by atoms with E-state index in [1.54, 1.807) is 0 Å². The predicted octanol–water partition coefficient (Wildman–Crippen LogP) is 4.09. The van der Waals surface area contributed by atoms with E-state index >= 15 is 0 Å². The van der Waals surface area contributed by atoms with Gasteiger partial charge in [-0.15, -0.1) is 0 Å². The molecular weight excluding hydrogens is 188 g/mol. The van der Waals surface area contributed by atoms with Gasteiger partial charge in [0.2, 0.25) is 0 Å². The zero-order valence-corrected chi connectivity index (χ0v) is 9.89. The highest BCUT2D eigenvalue weighted by molar-refractivity contribution is 8.51. The Balaban J connectivity index is 2.55. The van der Waals surface area contributed by atoms with Gasteiger partial charge in [-0.25, -0.2) is 0 Å². The lowest BCUT2D eigenvalue weighted by molar-refractivity contribution is 0.949. The molecule has 1 heterocycles. The minimum Gasteiger partial charge on any atom is -0.159 e. The largest absolute Gasteiger partial charge is 0.159 e. The van der Waals surface area contributed by atoms with Crippen LogP contribution >= 0.6 is 19.9 Å². The Hall–Kier alpha value is 0.380. The van der Waals surface area contributed by atoms with E-state index in [1.807, 2.05) is 0 Å². The lowest BCUT2D eigenvalue weighted by Crippen LogP contribution is -2.01. The highest BCUT2D eigenvalue weighted by Gasteiger charge is 2.25. The second-order valence-electron chi connectivity index (χ2n) is 3.98. The average molecular weight is 207 g/mol. The van der Waals surface area contributed by atoms with Gasteiger partial charge >= 0.3 is 0 Å². The minimum atomic E-state index is -0.734. The molecule has 0 bridgehead atoms. The fourth-order valence-corrected chi connectivity index (χ4v) is 5.65. The van der Waals surface area contributed by atoms with Crippen molar-refractivity contribution in [2.75, 3.05) is 17.3 Å². The van der Waals surface area contributed by atoms with Crippen molar-refractivity contribution >= 4 is 19.9 Å². The van der Waals surface area contributed by atoms with Crippen LogP contribution in [0.15, 0.2) is 11.1 Å². The summed E-state index contributed by atoms with van der Waals surface area (Å²) in [6.45, 7) is 6.60. The molecule has 1 rings (SSSR count). The molecule has 0 aliphatic carbocycles. The van der Waals surface area contributed by atoms with E-state index in [2.05, 4.69) is 20.8 Å². The summed E-state index contributed by atoms with van der Waals surface area (Å²) in [7, 11) is 5.83. The minimum absolute atomic E-state index is 0.734. The third-order valence-corrected chi connectivity index (χ3v) is 6.84. The second-order valence-corrected chi connectivity index (χ2v) is 8.93. The topological polar surface area (TPSA) is 0 Å². The van der Waals surface area contributed by atoms with E-state index < -0.39 is 9.24 Å². The quantitative estimate of drug-likeness (QED) is 0.597. The van der Waals surface area contributed by atoms with Crippen LogP contribution in [0.1, 0.15) is 33.6 Å². The van der Waals surface area contributed by atoms with E-state index in [4.69, 9.17) is 10.7 Å². The first-order valence-electron chi connectivity index (χ1n) is 4.62. The highest BCUT2D eigenvalue weighted by atomic mass is 35.7. The van der Waals surface area contributed by atoms with Crippen LogP contribution in [0.4, 0.5) is 0 Å². The van der Waals surface area contributed by atoms with Crippen molar-refractivity contribution in [3.8, 4) is 0 Å². The van der Waals surface area contributed by atoms with Gasteiger partial charge in [-0.2, -0.15) is 9.24 Å². The first-order valence-corrected chi connectivity index (χ1v) is 7.59. The molecule has 0 radical (unpaired) electrons. The number of allylic oxidation sites excluding steroid dienone is 1. The first-order chi connectivity index (χ1) is 5.53. The maximum atomic E-state index is 6.56. The van der Waals surface area contributed by atoms with Crippen LogP contribution in [-0.4, -0.2) is 17.3 Å². The standard InChI is InChI=1S/C10H19ClS/c1-9(2)10(3)8-12(11)6-4-5-7-12/h4-8H2,1-3H3. The van der Waals surface area contributed by atoms with Crippen molar-refractivity contribution in [1.29, 1.82) is 0 Å². The predicted molar refractivity (Wildman–Crippen MR) is 61.3 cm³/mol. The molecule has 0 nitrogen and oxygen atoms in total. The fourth-order valence-electron chi connectivity index (χ4n) is 1.50. The zero-order chi connectivity index (χ0) is 9.19. The van der Waals surface area contributed by atoms with Gasteiger partial charge in [-0.1, -0.05) is 21.8 Å². The van der Waals surface area contributed by atoms with Crippen molar-refractivity contribution in [3.05, 3.63) is 11.1 Å². The SMILES string of the molecule is CC(C)=C(C)CS1(Cl)CCCC1. The lowest BCUT2D eigenvalue weighted by Gasteiger charge is -2.27. The average Bonchev–Trinajstić information content (AvgIpc) is 2.35. The highest BCUT2D eigenvalue weighted by Crippen LogP contribution is 2.59. The molecule has 12 heavy (non-hydrogen) atoms. The van der Waals surface area contributed by atoms with Crippen molar-refractivity contribution in [2.24, 2.45) is 0 Å². The molecule has 0 aromatic rings. The number of halogens is 1. The van der Waals surface area contributed by atoms with Crippen molar-refractivity contribution in [1.82, 2.24) is 0 Å². The van der Waals surface area contributed by atoms with Gasteiger partial charge in [0.05, 0.1) is 0 Å². The van der Waals surface area contributed by atoms with Gasteiger partial charge in [-0.3, -0.25) is 0 Å². The van der Waals surface area contributed by atoms with Crippen molar-refractivity contribution in [2.45, 2.75) is 33.6 Å². The molecule has 0 saturated carbocycles. The van der Waals surface area contributed by atoms with E-state index in [-0.39, 0.29) is 0 Å². The number of hydrogen-bond donors (Lipinski definition) is 0. The van der Waals surface area contributed by atoms with Gasteiger partial charge in [0, 0.05) is 5.75 Å². The summed E-state index contributed by atoms with van der Waals surface area (Å²) in [5.41, 5.74) is 2.97. The summed E-state index contributed by atoms with van der Waals surface area (Å²) in [6, 6.07) is 0. The normalized spacial score (nSPS) is 23.7. The first kappa shape index (κ1) is 10.5. The van der Waals surface area contributed by atoms with Gasteiger partial charge < -0.3 is 0 Å². The third kappa shape index (κ3) is 2.70. The molecule has 0 aromatic heterocycles. The molecule has 0 unspecified atom stereocenters. The molecule has 1 fully saturated rings. The van der Waals surface area contributed by atoms with Crippen LogP contribution in [0.2, 0.25) is 0 Å². The smallest absolute Gasteiger partial charge is 0.0109 e. The Morgan fingerprint density at radius 1 is 1.17 bits per heavy atom. The molecule has 72 valence electrons. The maximum absolute atomic E-state index is 6.56. The van der Waals surface area contributed by atoms with Crippen LogP contribution in [0.3, 0.4) is 0 Å². The van der Waals surface area contributed by atoms with Crippen molar-refractivity contribution < 1.29 is 0 Å². The van der Waals surface area contributed by atoms with Gasteiger partial charge in [0.25, 0.3) is 0 Å². The summed E-state index contributed by atoms with van der Waals surface area (Å²) >= 11 is 0. The Morgan fingerprint density at radius 3 is 2.08 bits per heavy atom. The molecule has 0 aromatic carbocycles. The summed E-state index contributed by atoms with van der Waals surface area (Å²) in [6.07, 6.45) is 2.71. The van der Waals surface area contributed by atoms with Crippen molar-refractivity contribution in [3.63, 3.8) is 0 Å². The summed E-state index contributed by atoms with van der Waals surface area (Å²) < 4.78 is 0. The van der Waals surface area contributed by atoms with E-state index in [1.165, 1.54) is 41.2 Å². The molecule has 0 N–H and O–H groups in total. The van der Waals surface area contributed by atoms with Crippen LogP contribution in [0.25, 0.3) is 0 Å². The molecule has 1 aliphatic heterocycles. The van der Waals surface area contributed by atoms with Crippen LogP contribution in [-0.2, 0) is 0 Å².